The van der Waals surface area contributed by atoms with Crippen LogP contribution in [-0.2, 0) is 11.3 Å². The quantitative estimate of drug-likeness (QED) is 0.324. The molecule has 4 aromatic rings. The second-order valence-corrected chi connectivity index (χ2v) is 9.04. The Bertz CT molecular complexity index is 1450. The molecule has 0 aliphatic carbocycles. The lowest BCUT2D eigenvalue weighted by Crippen LogP contribution is -2.27. The number of hydrogen-bond donors (Lipinski definition) is 0. The zero-order valence-electron chi connectivity index (χ0n) is 18.2. The molecule has 164 valence electrons. The molecule has 1 saturated heterocycles. The first-order valence-electron chi connectivity index (χ1n) is 10.6. The Balaban J connectivity index is 1.46. The molecule has 0 unspecified atom stereocenters. The van der Waals surface area contributed by atoms with Gasteiger partial charge in [-0.3, -0.25) is 14.5 Å². The van der Waals surface area contributed by atoms with Crippen molar-refractivity contribution in [3.8, 4) is 5.69 Å². The topological polar surface area (TPSA) is 42.3 Å². The predicted octanol–water partition coefficient (Wildman–Crippen LogP) is 6.62. The van der Waals surface area contributed by atoms with Crippen molar-refractivity contribution < 1.29 is 14.0 Å². The highest BCUT2D eigenvalue weighted by atomic mass is 32.2. The second kappa shape index (κ2) is 8.37. The summed E-state index contributed by atoms with van der Waals surface area (Å²) in [6.45, 7) is 4.08. The summed E-state index contributed by atoms with van der Waals surface area (Å²) in [6.07, 6.45) is 1.76. The molecule has 2 amide bonds. The number of rotatable bonds is 4. The fraction of sp³-hybridized carbons (Fsp3) is 0.111. The summed E-state index contributed by atoms with van der Waals surface area (Å²) >= 11 is 0.953. The van der Waals surface area contributed by atoms with Crippen molar-refractivity contribution >= 4 is 39.8 Å². The van der Waals surface area contributed by atoms with Gasteiger partial charge in [-0.25, -0.2) is 4.39 Å². The average Bonchev–Trinajstić information content (AvgIpc) is 3.23. The maximum Gasteiger partial charge on any atom is 0.293 e. The van der Waals surface area contributed by atoms with E-state index in [1.165, 1.54) is 17.0 Å². The van der Waals surface area contributed by atoms with E-state index in [1.807, 2.05) is 73.0 Å². The number of carbonyl (C=O) groups is 2. The molecular formula is C27H21FN2O2S. The Morgan fingerprint density at radius 1 is 0.939 bits per heavy atom. The van der Waals surface area contributed by atoms with E-state index in [0.29, 0.717) is 10.6 Å². The number of imide groups is 1. The van der Waals surface area contributed by atoms with Crippen LogP contribution < -0.4 is 0 Å². The van der Waals surface area contributed by atoms with Gasteiger partial charge < -0.3 is 4.57 Å². The molecular weight excluding hydrogens is 435 g/mol. The standard InChI is InChI=1S/C27H21FN2O2S/c1-17-13-21(18(2)30(17)23-11-6-10-22(28)15-23)14-25-26(31)29(27(32)33-25)16-20-9-5-8-19-7-3-4-12-24(19)20/h3-15H,16H2,1-2H3/b25-14+. The molecule has 0 bridgehead atoms. The van der Waals surface area contributed by atoms with E-state index >= 15 is 0 Å². The zero-order chi connectivity index (χ0) is 23.1. The van der Waals surface area contributed by atoms with E-state index in [1.54, 1.807) is 12.1 Å². The fourth-order valence-electron chi connectivity index (χ4n) is 4.32. The number of amides is 2. The Hall–Kier alpha value is -3.64. The molecule has 2 heterocycles. The Kier molecular flexibility index (Phi) is 5.38. The third-order valence-corrected chi connectivity index (χ3v) is 6.81. The molecule has 5 rings (SSSR count). The SMILES string of the molecule is Cc1cc(/C=C2/SC(=O)N(Cc3cccc4ccccc34)C2=O)c(C)n1-c1cccc(F)c1. The lowest BCUT2D eigenvalue weighted by Gasteiger charge is -2.14. The van der Waals surface area contributed by atoms with Crippen LogP contribution in [0.15, 0.2) is 77.7 Å². The third-order valence-electron chi connectivity index (χ3n) is 5.91. The van der Waals surface area contributed by atoms with Crippen LogP contribution in [-0.4, -0.2) is 20.6 Å². The summed E-state index contributed by atoms with van der Waals surface area (Å²) in [4.78, 5) is 27.5. The van der Waals surface area contributed by atoms with Crippen LogP contribution in [0.2, 0.25) is 0 Å². The number of halogens is 1. The lowest BCUT2D eigenvalue weighted by atomic mass is 10.0. The van der Waals surface area contributed by atoms with E-state index < -0.39 is 0 Å². The molecule has 6 heteroatoms. The molecule has 1 aliphatic heterocycles. The number of thioether (sulfide) groups is 1. The molecule has 0 saturated carbocycles. The van der Waals surface area contributed by atoms with Crippen molar-refractivity contribution in [3.05, 3.63) is 106 Å². The molecule has 0 radical (unpaired) electrons. The molecule has 0 spiro atoms. The van der Waals surface area contributed by atoms with Gasteiger partial charge in [-0.15, -0.1) is 0 Å². The molecule has 4 nitrogen and oxygen atoms in total. The first-order chi connectivity index (χ1) is 15.9. The summed E-state index contributed by atoms with van der Waals surface area (Å²) in [5.74, 6) is -0.607. The van der Waals surface area contributed by atoms with Gasteiger partial charge in [-0.2, -0.15) is 0 Å². The number of nitrogens with zero attached hydrogens (tertiary/aromatic N) is 2. The van der Waals surface area contributed by atoms with Crippen molar-refractivity contribution in [3.63, 3.8) is 0 Å². The summed E-state index contributed by atoms with van der Waals surface area (Å²) in [7, 11) is 0. The maximum absolute atomic E-state index is 13.7. The monoisotopic (exact) mass is 456 g/mol. The number of fused-ring (bicyclic) bond motifs is 1. The van der Waals surface area contributed by atoms with Gasteiger partial charge >= 0.3 is 0 Å². The molecule has 33 heavy (non-hydrogen) atoms. The summed E-state index contributed by atoms with van der Waals surface area (Å²) < 4.78 is 15.7. The highest BCUT2D eigenvalue weighted by molar-refractivity contribution is 8.18. The van der Waals surface area contributed by atoms with E-state index in [0.717, 1.165) is 45.0 Å². The number of aromatic nitrogens is 1. The zero-order valence-corrected chi connectivity index (χ0v) is 19.0. The van der Waals surface area contributed by atoms with Crippen LogP contribution >= 0.6 is 11.8 Å². The minimum Gasteiger partial charge on any atom is -0.318 e. The van der Waals surface area contributed by atoms with Crippen LogP contribution in [0.3, 0.4) is 0 Å². The minimum atomic E-state index is -0.309. The van der Waals surface area contributed by atoms with Crippen LogP contribution in [0.5, 0.6) is 0 Å². The van der Waals surface area contributed by atoms with Crippen LogP contribution in [0.1, 0.15) is 22.5 Å². The van der Waals surface area contributed by atoms with Gasteiger partial charge in [0.05, 0.1) is 11.4 Å². The van der Waals surface area contributed by atoms with Crippen molar-refractivity contribution in [1.82, 2.24) is 9.47 Å². The minimum absolute atomic E-state index is 0.228. The number of hydrogen-bond acceptors (Lipinski definition) is 3. The molecule has 0 N–H and O–H groups in total. The van der Waals surface area contributed by atoms with E-state index in [4.69, 9.17) is 0 Å². The first kappa shape index (κ1) is 21.2. The van der Waals surface area contributed by atoms with E-state index in [-0.39, 0.29) is 23.5 Å². The number of benzene rings is 3. The highest BCUT2D eigenvalue weighted by Crippen LogP contribution is 2.35. The molecule has 1 aromatic heterocycles. The Morgan fingerprint density at radius 2 is 1.70 bits per heavy atom. The summed E-state index contributed by atoms with van der Waals surface area (Å²) in [5.41, 5.74) is 4.26. The van der Waals surface area contributed by atoms with Gasteiger partial charge in [0.25, 0.3) is 11.1 Å². The normalized spacial score (nSPS) is 15.2. The predicted molar refractivity (Wildman–Crippen MR) is 131 cm³/mol. The van der Waals surface area contributed by atoms with Gasteiger partial charge in [-0.05, 0) is 77.9 Å². The van der Waals surface area contributed by atoms with Gasteiger partial charge in [0.15, 0.2) is 0 Å². The lowest BCUT2D eigenvalue weighted by molar-refractivity contribution is -0.123. The van der Waals surface area contributed by atoms with Gasteiger partial charge in [0.2, 0.25) is 0 Å². The Labute approximate surface area is 195 Å². The average molecular weight is 457 g/mol. The number of carbonyl (C=O) groups excluding carboxylic acids is 2. The smallest absolute Gasteiger partial charge is 0.293 e. The highest BCUT2D eigenvalue weighted by Gasteiger charge is 2.35. The van der Waals surface area contributed by atoms with Crippen molar-refractivity contribution in [1.29, 1.82) is 0 Å². The van der Waals surface area contributed by atoms with Crippen molar-refractivity contribution in [2.75, 3.05) is 0 Å². The fourth-order valence-corrected chi connectivity index (χ4v) is 5.15. The van der Waals surface area contributed by atoms with Gasteiger partial charge in [0, 0.05) is 17.1 Å². The van der Waals surface area contributed by atoms with E-state index in [9.17, 15) is 14.0 Å². The summed E-state index contributed by atoms with van der Waals surface area (Å²) in [6, 6.07) is 22.2. The second-order valence-electron chi connectivity index (χ2n) is 8.05. The van der Waals surface area contributed by atoms with Crippen molar-refractivity contribution in [2.45, 2.75) is 20.4 Å². The third kappa shape index (κ3) is 3.87. The largest absolute Gasteiger partial charge is 0.318 e. The van der Waals surface area contributed by atoms with E-state index in [2.05, 4.69) is 0 Å². The van der Waals surface area contributed by atoms with Crippen LogP contribution in [0, 0.1) is 19.7 Å². The van der Waals surface area contributed by atoms with Gasteiger partial charge in [-0.1, -0.05) is 48.5 Å². The van der Waals surface area contributed by atoms with Crippen LogP contribution in [0.25, 0.3) is 22.5 Å². The molecule has 1 aliphatic rings. The summed E-state index contributed by atoms with van der Waals surface area (Å²) in [5, 5.41) is 1.82. The molecule has 1 fully saturated rings. The Morgan fingerprint density at radius 3 is 2.52 bits per heavy atom. The van der Waals surface area contributed by atoms with Crippen LogP contribution in [0.4, 0.5) is 9.18 Å². The first-order valence-corrected chi connectivity index (χ1v) is 11.4. The molecule has 3 aromatic carbocycles. The maximum atomic E-state index is 13.7. The number of aryl methyl sites for hydroxylation is 1. The van der Waals surface area contributed by atoms with Crippen molar-refractivity contribution in [2.24, 2.45) is 0 Å². The van der Waals surface area contributed by atoms with Gasteiger partial charge in [0.1, 0.15) is 5.82 Å². The molecule has 0 atom stereocenters.